The quantitative estimate of drug-likeness (QED) is 0.529. The fraction of sp³-hybridized carbons (Fsp3) is 0.357. The van der Waals surface area contributed by atoms with Gasteiger partial charge in [-0.3, -0.25) is 14.5 Å². The van der Waals surface area contributed by atoms with E-state index in [1.807, 2.05) is 59.2 Å². The fourth-order valence-electron chi connectivity index (χ4n) is 4.89. The van der Waals surface area contributed by atoms with Crippen molar-refractivity contribution in [3.8, 4) is 5.75 Å². The average molecular weight is 490 g/mol. The van der Waals surface area contributed by atoms with Crippen molar-refractivity contribution in [3.05, 3.63) is 87.6 Å². The standard InChI is InChI=1S/C28H31N3O3S/c1-21-7-9-23(10-8-21)34-20-27(33)30-16-14-29(15-17-30)19-26(32)31-13-11-25-24(12-18-35-25)28(31)22-5-3-2-4-6-22/h2-10,12,18,28H,11,13-17,19-20H2,1H3. The lowest BCUT2D eigenvalue weighted by Crippen LogP contribution is -2.53. The summed E-state index contributed by atoms with van der Waals surface area (Å²) in [6.45, 7) is 5.78. The molecule has 7 heteroatoms. The van der Waals surface area contributed by atoms with Crippen LogP contribution in [0.15, 0.2) is 66.0 Å². The minimum absolute atomic E-state index is 0.0123. The molecule has 1 saturated heterocycles. The molecule has 0 spiro atoms. The van der Waals surface area contributed by atoms with Crippen molar-refractivity contribution in [2.45, 2.75) is 19.4 Å². The molecule has 182 valence electrons. The molecule has 0 N–H and O–H groups in total. The number of ether oxygens (including phenoxy) is 1. The monoisotopic (exact) mass is 489 g/mol. The van der Waals surface area contributed by atoms with E-state index in [9.17, 15) is 9.59 Å². The van der Waals surface area contributed by atoms with Gasteiger partial charge in [0.25, 0.3) is 5.91 Å². The van der Waals surface area contributed by atoms with Crippen LogP contribution < -0.4 is 4.74 Å². The molecule has 3 heterocycles. The van der Waals surface area contributed by atoms with Crippen LogP contribution >= 0.6 is 11.3 Å². The Morgan fingerprint density at radius 2 is 1.66 bits per heavy atom. The Hall–Kier alpha value is -3.16. The number of fused-ring (bicyclic) bond motifs is 1. The van der Waals surface area contributed by atoms with Gasteiger partial charge in [-0.1, -0.05) is 48.0 Å². The summed E-state index contributed by atoms with van der Waals surface area (Å²) in [6.07, 6.45) is 0.908. The molecular formula is C28H31N3O3S. The molecule has 3 aromatic rings. The first-order chi connectivity index (χ1) is 17.1. The maximum Gasteiger partial charge on any atom is 0.260 e. The number of benzene rings is 2. The molecular weight excluding hydrogens is 458 g/mol. The number of rotatable bonds is 6. The van der Waals surface area contributed by atoms with Crippen molar-refractivity contribution in [3.63, 3.8) is 0 Å². The molecule has 2 aromatic carbocycles. The Morgan fingerprint density at radius 3 is 2.40 bits per heavy atom. The van der Waals surface area contributed by atoms with Crippen LogP contribution in [0.2, 0.25) is 0 Å². The van der Waals surface area contributed by atoms with Crippen molar-refractivity contribution in [1.82, 2.24) is 14.7 Å². The molecule has 5 rings (SSSR count). The highest BCUT2D eigenvalue weighted by Crippen LogP contribution is 2.37. The van der Waals surface area contributed by atoms with Crippen molar-refractivity contribution < 1.29 is 14.3 Å². The summed E-state index contributed by atoms with van der Waals surface area (Å²) in [6, 6.07) is 20.2. The zero-order valence-electron chi connectivity index (χ0n) is 20.1. The average Bonchev–Trinajstić information content (AvgIpc) is 3.37. The molecule has 2 aliphatic rings. The Bertz CT molecular complexity index is 1150. The molecule has 1 fully saturated rings. The third-order valence-corrected chi connectivity index (χ3v) is 7.87. The van der Waals surface area contributed by atoms with Gasteiger partial charge in [-0.2, -0.15) is 0 Å². The van der Waals surface area contributed by atoms with Crippen LogP contribution in [-0.4, -0.2) is 72.4 Å². The van der Waals surface area contributed by atoms with Crippen LogP contribution in [0.1, 0.15) is 27.6 Å². The van der Waals surface area contributed by atoms with Crippen LogP contribution in [0.4, 0.5) is 0 Å². The number of hydrogen-bond acceptors (Lipinski definition) is 5. The summed E-state index contributed by atoms with van der Waals surface area (Å²) < 4.78 is 5.66. The lowest BCUT2D eigenvalue weighted by atomic mass is 9.93. The number of nitrogens with zero attached hydrogens (tertiary/aromatic N) is 3. The summed E-state index contributed by atoms with van der Waals surface area (Å²) in [5.41, 5.74) is 3.57. The Morgan fingerprint density at radius 1 is 0.914 bits per heavy atom. The molecule has 0 aliphatic carbocycles. The number of aryl methyl sites for hydroxylation is 1. The van der Waals surface area contributed by atoms with Crippen molar-refractivity contribution >= 4 is 23.2 Å². The van der Waals surface area contributed by atoms with Crippen LogP contribution in [0.3, 0.4) is 0 Å². The summed E-state index contributed by atoms with van der Waals surface area (Å²) in [5.74, 6) is 0.844. The predicted molar refractivity (Wildman–Crippen MR) is 138 cm³/mol. The van der Waals surface area contributed by atoms with Crippen LogP contribution in [0.5, 0.6) is 5.75 Å². The second-order valence-corrected chi connectivity index (χ2v) is 10.2. The maximum atomic E-state index is 13.5. The Balaban J connectivity index is 1.16. The van der Waals surface area contributed by atoms with Gasteiger partial charge in [0.15, 0.2) is 6.61 Å². The van der Waals surface area contributed by atoms with E-state index in [0.717, 1.165) is 24.1 Å². The number of piperazine rings is 1. The second kappa shape index (κ2) is 10.6. The number of carbonyl (C=O) groups excluding carboxylic acids is 2. The zero-order chi connectivity index (χ0) is 24.2. The second-order valence-electron chi connectivity index (χ2n) is 9.21. The van der Waals surface area contributed by atoms with E-state index in [2.05, 4.69) is 28.5 Å². The van der Waals surface area contributed by atoms with Gasteiger partial charge in [0, 0.05) is 37.6 Å². The lowest BCUT2D eigenvalue weighted by Gasteiger charge is -2.39. The first kappa shape index (κ1) is 23.6. The van der Waals surface area contributed by atoms with Crippen molar-refractivity contribution in [2.75, 3.05) is 45.9 Å². The van der Waals surface area contributed by atoms with Crippen molar-refractivity contribution in [1.29, 1.82) is 0 Å². The number of hydrogen-bond donors (Lipinski definition) is 0. The molecule has 6 nitrogen and oxygen atoms in total. The Kier molecular flexibility index (Phi) is 7.16. The first-order valence-electron chi connectivity index (χ1n) is 12.2. The predicted octanol–water partition coefficient (Wildman–Crippen LogP) is 3.75. The van der Waals surface area contributed by atoms with Crippen LogP contribution in [0.25, 0.3) is 0 Å². The molecule has 35 heavy (non-hydrogen) atoms. The van der Waals surface area contributed by atoms with Gasteiger partial charge in [0.1, 0.15) is 5.75 Å². The molecule has 0 saturated carbocycles. The van der Waals surface area contributed by atoms with Gasteiger partial charge < -0.3 is 14.5 Å². The van der Waals surface area contributed by atoms with E-state index in [1.54, 1.807) is 11.3 Å². The highest BCUT2D eigenvalue weighted by Gasteiger charge is 2.34. The molecule has 0 radical (unpaired) electrons. The number of carbonyl (C=O) groups is 2. The number of thiophene rings is 1. The largest absolute Gasteiger partial charge is 0.484 e. The van der Waals surface area contributed by atoms with Gasteiger partial charge in [-0.05, 0) is 48.1 Å². The Labute approximate surface area is 210 Å². The number of amides is 2. The lowest BCUT2D eigenvalue weighted by molar-refractivity contribution is -0.137. The highest BCUT2D eigenvalue weighted by atomic mass is 32.1. The summed E-state index contributed by atoms with van der Waals surface area (Å²) in [4.78, 5) is 33.5. The minimum Gasteiger partial charge on any atom is -0.484 e. The van der Waals surface area contributed by atoms with Gasteiger partial charge in [-0.25, -0.2) is 0 Å². The van der Waals surface area contributed by atoms with E-state index in [0.29, 0.717) is 38.5 Å². The third kappa shape index (κ3) is 5.41. The van der Waals surface area contributed by atoms with Gasteiger partial charge >= 0.3 is 0 Å². The molecule has 1 unspecified atom stereocenters. The topological polar surface area (TPSA) is 53.1 Å². The van der Waals surface area contributed by atoms with Crippen LogP contribution in [-0.2, 0) is 16.0 Å². The highest BCUT2D eigenvalue weighted by molar-refractivity contribution is 7.10. The maximum absolute atomic E-state index is 13.5. The van der Waals surface area contributed by atoms with E-state index < -0.39 is 0 Å². The zero-order valence-corrected chi connectivity index (χ0v) is 20.9. The third-order valence-electron chi connectivity index (χ3n) is 6.87. The van der Waals surface area contributed by atoms with Crippen molar-refractivity contribution in [2.24, 2.45) is 0 Å². The van der Waals surface area contributed by atoms with E-state index in [-0.39, 0.29) is 24.5 Å². The summed E-state index contributed by atoms with van der Waals surface area (Å²) in [5, 5.41) is 2.13. The smallest absolute Gasteiger partial charge is 0.260 e. The van der Waals surface area contributed by atoms with Gasteiger partial charge in [0.05, 0.1) is 12.6 Å². The summed E-state index contributed by atoms with van der Waals surface area (Å²) in [7, 11) is 0. The molecule has 0 bridgehead atoms. The molecule has 2 amide bonds. The van der Waals surface area contributed by atoms with Gasteiger partial charge in [0.2, 0.25) is 5.91 Å². The van der Waals surface area contributed by atoms with E-state index >= 15 is 0 Å². The SMILES string of the molecule is Cc1ccc(OCC(=O)N2CCN(CC(=O)N3CCc4sccc4C3c3ccccc3)CC2)cc1. The van der Waals surface area contributed by atoms with Crippen LogP contribution in [0, 0.1) is 6.92 Å². The molecule has 1 atom stereocenters. The fourth-order valence-corrected chi connectivity index (χ4v) is 5.79. The normalized spacial score (nSPS) is 18.3. The molecule has 1 aromatic heterocycles. The van der Waals surface area contributed by atoms with E-state index in [4.69, 9.17) is 4.74 Å². The first-order valence-corrected chi connectivity index (χ1v) is 13.1. The minimum atomic E-state index is -0.0273. The molecule has 2 aliphatic heterocycles. The van der Waals surface area contributed by atoms with Gasteiger partial charge in [-0.15, -0.1) is 11.3 Å². The van der Waals surface area contributed by atoms with E-state index in [1.165, 1.54) is 10.4 Å². The summed E-state index contributed by atoms with van der Waals surface area (Å²) >= 11 is 1.78.